The Morgan fingerprint density at radius 3 is 2.74 bits per heavy atom. The molecule has 0 aliphatic rings. The normalized spacial score (nSPS) is 12.2. The molecule has 0 radical (unpaired) electrons. The lowest BCUT2D eigenvalue weighted by Gasteiger charge is -2.25. The van der Waals surface area contributed by atoms with Crippen LogP contribution in [0.25, 0.3) is 0 Å². The summed E-state index contributed by atoms with van der Waals surface area (Å²) in [7, 11) is 0. The molecule has 0 fully saturated rings. The molecule has 0 aliphatic heterocycles. The fourth-order valence-corrected chi connectivity index (χ4v) is 2.09. The van der Waals surface area contributed by atoms with Crippen molar-refractivity contribution < 1.29 is 4.39 Å². The van der Waals surface area contributed by atoms with Gasteiger partial charge in [0.2, 0.25) is 0 Å². The third kappa shape index (κ3) is 2.90. The summed E-state index contributed by atoms with van der Waals surface area (Å²) in [5.74, 6) is 0.528. The Hall–Kier alpha value is -1.94. The number of nitrogens with two attached hydrogens (primary N) is 1. The summed E-state index contributed by atoms with van der Waals surface area (Å²) in [5.41, 5.74) is 7.71. The fourth-order valence-electron chi connectivity index (χ4n) is 2.09. The zero-order chi connectivity index (χ0) is 13.8. The van der Waals surface area contributed by atoms with Crippen LogP contribution < -0.4 is 10.6 Å². The topological polar surface area (TPSA) is 42.2 Å². The number of nitrogens with zero attached hydrogens (tertiary/aromatic N) is 2. The van der Waals surface area contributed by atoms with Crippen LogP contribution in [0.1, 0.15) is 25.5 Å². The van der Waals surface area contributed by atoms with Crippen molar-refractivity contribution in [2.75, 3.05) is 11.4 Å². The summed E-state index contributed by atoms with van der Waals surface area (Å²) in [4.78, 5) is 6.36. The molecule has 1 heterocycles. The first kappa shape index (κ1) is 13.5. The first-order valence-corrected chi connectivity index (χ1v) is 6.37. The van der Waals surface area contributed by atoms with Gasteiger partial charge in [0, 0.05) is 30.0 Å². The van der Waals surface area contributed by atoms with Crippen molar-refractivity contribution >= 4 is 11.5 Å². The van der Waals surface area contributed by atoms with Gasteiger partial charge in [-0.25, -0.2) is 9.37 Å². The van der Waals surface area contributed by atoms with Crippen LogP contribution >= 0.6 is 0 Å². The number of benzene rings is 1. The maximum Gasteiger partial charge on any atom is 0.137 e. The second kappa shape index (κ2) is 5.80. The van der Waals surface area contributed by atoms with E-state index in [9.17, 15) is 4.39 Å². The van der Waals surface area contributed by atoms with Crippen molar-refractivity contribution in [3.63, 3.8) is 0 Å². The molecule has 0 saturated carbocycles. The van der Waals surface area contributed by atoms with E-state index in [0.717, 1.165) is 17.1 Å². The van der Waals surface area contributed by atoms with Gasteiger partial charge in [0.15, 0.2) is 0 Å². The Kier molecular flexibility index (Phi) is 4.12. The minimum absolute atomic E-state index is 0.119. The second-order valence-corrected chi connectivity index (χ2v) is 4.43. The van der Waals surface area contributed by atoms with E-state index in [0.29, 0.717) is 6.54 Å². The van der Waals surface area contributed by atoms with E-state index in [1.54, 1.807) is 12.3 Å². The van der Waals surface area contributed by atoms with E-state index >= 15 is 0 Å². The number of hydrogen-bond donors (Lipinski definition) is 1. The molecular formula is C15H18FN3. The molecular weight excluding hydrogens is 241 g/mol. The molecule has 0 bridgehead atoms. The summed E-state index contributed by atoms with van der Waals surface area (Å²) in [6.07, 6.45) is 1.73. The first-order valence-electron chi connectivity index (χ1n) is 6.37. The molecule has 19 heavy (non-hydrogen) atoms. The van der Waals surface area contributed by atoms with Gasteiger partial charge in [0.1, 0.15) is 11.6 Å². The van der Waals surface area contributed by atoms with Gasteiger partial charge in [-0.3, -0.25) is 0 Å². The highest BCUT2D eigenvalue weighted by Gasteiger charge is 2.15. The maximum atomic E-state index is 13.4. The Labute approximate surface area is 112 Å². The minimum atomic E-state index is -0.255. The third-order valence-electron chi connectivity index (χ3n) is 3.00. The number of rotatable bonds is 4. The molecule has 0 unspecified atom stereocenters. The predicted molar refractivity (Wildman–Crippen MR) is 75.9 cm³/mol. The molecule has 2 rings (SSSR count). The van der Waals surface area contributed by atoms with Crippen LogP contribution in [0.2, 0.25) is 0 Å². The average molecular weight is 259 g/mol. The van der Waals surface area contributed by atoms with Gasteiger partial charge in [-0.05, 0) is 38.1 Å². The van der Waals surface area contributed by atoms with Crippen molar-refractivity contribution in [2.45, 2.75) is 19.9 Å². The summed E-state index contributed by atoms with van der Waals surface area (Å²) < 4.78 is 13.4. The Morgan fingerprint density at radius 2 is 2.11 bits per heavy atom. The molecule has 1 atom stereocenters. The molecule has 2 N–H and O–H groups in total. The summed E-state index contributed by atoms with van der Waals surface area (Å²) in [6.45, 7) is 4.62. The van der Waals surface area contributed by atoms with Crippen LogP contribution in [0.3, 0.4) is 0 Å². The lowest BCUT2D eigenvalue weighted by Crippen LogP contribution is -2.21. The van der Waals surface area contributed by atoms with Crippen molar-refractivity contribution in [3.8, 4) is 0 Å². The first-order chi connectivity index (χ1) is 9.13. The van der Waals surface area contributed by atoms with Crippen molar-refractivity contribution in [2.24, 2.45) is 5.73 Å². The largest absolute Gasteiger partial charge is 0.326 e. The lowest BCUT2D eigenvalue weighted by molar-refractivity contribution is 0.627. The molecule has 0 amide bonds. The highest BCUT2D eigenvalue weighted by Crippen LogP contribution is 2.29. The molecule has 100 valence electrons. The van der Waals surface area contributed by atoms with Gasteiger partial charge >= 0.3 is 0 Å². The van der Waals surface area contributed by atoms with Gasteiger partial charge < -0.3 is 10.6 Å². The highest BCUT2D eigenvalue weighted by molar-refractivity contribution is 5.63. The number of aromatic nitrogens is 1. The SMILES string of the molecule is CCN(c1cccc(F)c1)c1ncccc1[C@H](C)N. The Bertz CT molecular complexity index is 555. The Morgan fingerprint density at radius 1 is 1.32 bits per heavy atom. The van der Waals surface area contributed by atoms with Crippen LogP contribution in [0, 0.1) is 5.82 Å². The van der Waals surface area contributed by atoms with Gasteiger partial charge in [-0.15, -0.1) is 0 Å². The van der Waals surface area contributed by atoms with Crippen LogP contribution in [-0.4, -0.2) is 11.5 Å². The molecule has 3 nitrogen and oxygen atoms in total. The number of hydrogen-bond acceptors (Lipinski definition) is 3. The second-order valence-electron chi connectivity index (χ2n) is 4.43. The van der Waals surface area contributed by atoms with Gasteiger partial charge in [0.25, 0.3) is 0 Å². The standard InChI is InChI=1S/C15H18FN3/c1-3-19(13-7-4-6-12(16)10-13)15-14(11(2)17)8-5-9-18-15/h4-11H,3,17H2,1-2H3/t11-/m0/s1. The number of halogens is 1. The van der Waals surface area contributed by atoms with Gasteiger partial charge in [-0.1, -0.05) is 12.1 Å². The van der Waals surface area contributed by atoms with Crippen LogP contribution in [0.4, 0.5) is 15.9 Å². The molecule has 4 heteroatoms. The molecule has 0 aliphatic carbocycles. The molecule has 1 aromatic heterocycles. The van der Waals surface area contributed by atoms with Crippen molar-refractivity contribution in [1.82, 2.24) is 4.98 Å². The van der Waals surface area contributed by atoms with Gasteiger partial charge in [0.05, 0.1) is 0 Å². The Balaban J connectivity index is 2.48. The zero-order valence-corrected chi connectivity index (χ0v) is 11.2. The third-order valence-corrected chi connectivity index (χ3v) is 3.00. The van der Waals surface area contributed by atoms with E-state index in [1.807, 2.05) is 36.9 Å². The van der Waals surface area contributed by atoms with Crippen LogP contribution in [0.5, 0.6) is 0 Å². The fraction of sp³-hybridized carbons (Fsp3) is 0.267. The lowest BCUT2D eigenvalue weighted by atomic mass is 10.1. The quantitative estimate of drug-likeness (QED) is 0.915. The molecule has 2 aromatic rings. The number of anilines is 2. The molecule has 1 aromatic carbocycles. The van der Waals surface area contributed by atoms with E-state index in [4.69, 9.17) is 5.73 Å². The zero-order valence-electron chi connectivity index (χ0n) is 11.2. The molecule has 0 saturated heterocycles. The predicted octanol–water partition coefficient (Wildman–Crippen LogP) is 3.40. The summed E-state index contributed by atoms with van der Waals surface area (Å²) >= 11 is 0. The van der Waals surface area contributed by atoms with Crippen LogP contribution in [-0.2, 0) is 0 Å². The van der Waals surface area contributed by atoms with Crippen LogP contribution in [0.15, 0.2) is 42.6 Å². The smallest absolute Gasteiger partial charge is 0.137 e. The minimum Gasteiger partial charge on any atom is -0.326 e. The molecule has 0 spiro atoms. The average Bonchev–Trinajstić information content (AvgIpc) is 2.40. The van der Waals surface area contributed by atoms with Crippen molar-refractivity contribution in [1.29, 1.82) is 0 Å². The number of pyridine rings is 1. The van der Waals surface area contributed by atoms with E-state index in [1.165, 1.54) is 12.1 Å². The summed E-state index contributed by atoms with van der Waals surface area (Å²) in [5, 5.41) is 0. The van der Waals surface area contributed by atoms with E-state index in [-0.39, 0.29) is 11.9 Å². The maximum absolute atomic E-state index is 13.4. The van der Waals surface area contributed by atoms with Crippen molar-refractivity contribution in [3.05, 3.63) is 54.0 Å². The van der Waals surface area contributed by atoms with Gasteiger partial charge in [-0.2, -0.15) is 0 Å². The van der Waals surface area contributed by atoms with E-state index in [2.05, 4.69) is 4.98 Å². The van der Waals surface area contributed by atoms with E-state index < -0.39 is 0 Å². The highest BCUT2D eigenvalue weighted by atomic mass is 19.1. The monoisotopic (exact) mass is 259 g/mol. The summed E-state index contributed by atoms with van der Waals surface area (Å²) in [6, 6.07) is 10.2.